The molecular formula is C14H23N5. The Labute approximate surface area is 114 Å². The molecule has 5 heteroatoms. The minimum Gasteiger partial charge on any atom is -0.353 e. The zero-order chi connectivity index (χ0) is 13.2. The quantitative estimate of drug-likeness (QED) is 0.631. The third kappa shape index (κ3) is 2.39. The summed E-state index contributed by atoms with van der Waals surface area (Å²) in [6.45, 7) is 3.20. The maximum atomic E-state index is 5.44. The predicted molar refractivity (Wildman–Crippen MR) is 76.9 cm³/mol. The normalized spacial score (nSPS) is 26.9. The van der Waals surface area contributed by atoms with Crippen LogP contribution in [0.5, 0.6) is 0 Å². The number of nitrogen functional groups attached to an aromatic ring is 1. The van der Waals surface area contributed by atoms with E-state index >= 15 is 0 Å². The van der Waals surface area contributed by atoms with E-state index in [2.05, 4.69) is 27.2 Å². The van der Waals surface area contributed by atoms with Gasteiger partial charge < -0.3 is 4.90 Å². The Morgan fingerprint density at radius 3 is 2.89 bits per heavy atom. The zero-order valence-electron chi connectivity index (χ0n) is 11.6. The molecule has 0 spiro atoms. The molecule has 2 fully saturated rings. The van der Waals surface area contributed by atoms with Gasteiger partial charge in [-0.2, -0.15) is 4.98 Å². The second kappa shape index (κ2) is 5.33. The number of fused-ring (bicyclic) bond motifs is 1. The molecular weight excluding hydrogens is 238 g/mol. The van der Waals surface area contributed by atoms with Crippen LogP contribution in [0.1, 0.15) is 44.1 Å². The van der Waals surface area contributed by atoms with Crippen molar-refractivity contribution in [2.45, 2.75) is 51.5 Å². The first kappa shape index (κ1) is 12.7. The molecule has 2 aliphatic rings. The number of hydrogen-bond donors (Lipinski definition) is 2. The minimum atomic E-state index is 0.513. The second-order valence-electron chi connectivity index (χ2n) is 5.79. The molecule has 0 aromatic carbocycles. The van der Waals surface area contributed by atoms with Crippen LogP contribution < -0.4 is 16.2 Å². The Morgan fingerprint density at radius 2 is 2.05 bits per heavy atom. The van der Waals surface area contributed by atoms with Crippen molar-refractivity contribution in [2.24, 2.45) is 11.8 Å². The number of nitrogens with one attached hydrogen (secondary N) is 1. The maximum absolute atomic E-state index is 5.44. The lowest BCUT2D eigenvalue weighted by Crippen LogP contribution is -2.47. The average Bonchev–Trinajstić information content (AvgIpc) is 2.47. The monoisotopic (exact) mass is 261 g/mol. The lowest BCUT2D eigenvalue weighted by Gasteiger charge is -2.45. The molecule has 1 aliphatic carbocycles. The molecule has 1 saturated carbocycles. The van der Waals surface area contributed by atoms with Crippen LogP contribution in [-0.2, 0) is 0 Å². The molecule has 1 saturated heterocycles. The SMILES string of the molecule is Cc1cnc(NN)nc1N1CCCC2CCCCC21. The van der Waals surface area contributed by atoms with Crippen molar-refractivity contribution in [1.82, 2.24) is 9.97 Å². The summed E-state index contributed by atoms with van der Waals surface area (Å²) in [5, 5.41) is 0. The van der Waals surface area contributed by atoms with Crippen molar-refractivity contribution in [2.75, 3.05) is 16.9 Å². The standard InChI is InChI=1S/C14H23N5/c1-10-9-16-14(18-15)17-13(10)19-8-4-6-11-5-2-3-7-12(11)19/h9,11-12H,2-8,15H2,1H3,(H,16,17,18). The molecule has 104 valence electrons. The predicted octanol–water partition coefficient (Wildman–Crippen LogP) is 2.23. The van der Waals surface area contributed by atoms with E-state index in [0.717, 1.165) is 23.8 Å². The summed E-state index contributed by atoms with van der Waals surface area (Å²) >= 11 is 0. The first-order valence-electron chi connectivity index (χ1n) is 7.36. The molecule has 3 rings (SSSR count). The molecule has 0 bridgehead atoms. The van der Waals surface area contributed by atoms with E-state index in [4.69, 9.17) is 5.84 Å². The van der Waals surface area contributed by atoms with Gasteiger partial charge in [-0.25, -0.2) is 10.8 Å². The molecule has 3 N–H and O–H groups in total. The Hall–Kier alpha value is -1.36. The van der Waals surface area contributed by atoms with Gasteiger partial charge in [0, 0.05) is 24.3 Å². The number of piperidine rings is 1. The molecule has 2 atom stereocenters. The van der Waals surface area contributed by atoms with Gasteiger partial charge in [-0.3, -0.25) is 5.43 Å². The Morgan fingerprint density at radius 1 is 1.26 bits per heavy atom. The Balaban J connectivity index is 1.91. The molecule has 1 aromatic heterocycles. The Kier molecular flexibility index (Phi) is 3.55. The number of nitrogens with zero attached hydrogens (tertiary/aromatic N) is 3. The van der Waals surface area contributed by atoms with E-state index in [1.54, 1.807) is 0 Å². The summed E-state index contributed by atoms with van der Waals surface area (Å²) in [5.74, 6) is 7.87. The lowest BCUT2D eigenvalue weighted by molar-refractivity contribution is 0.242. The summed E-state index contributed by atoms with van der Waals surface area (Å²) in [6.07, 6.45) is 9.96. The Bertz CT molecular complexity index is 445. The first-order valence-corrected chi connectivity index (χ1v) is 7.36. The van der Waals surface area contributed by atoms with Crippen LogP contribution in [0.2, 0.25) is 0 Å². The number of nitrogens with two attached hydrogens (primary N) is 1. The van der Waals surface area contributed by atoms with Gasteiger partial charge in [0.1, 0.15) is 5.82 Å². The van der Waals surface area contributed by atoms with Gasteiger partial charge in [0.2, 0.25) is 5.95 Å². The van der Waals surface area contributed by atoms with Crippen LogP contribution in [0.3, 0.4) is 0 Å². The largest absolute Gasteiger partial charge is 0.353 e. The number of anilines is 2. The van der Waals surface area contributed by atoms with Crippen LogP contribution >= 0.6 is 0 Å². The molecule has 2 unspecified atom stereocenters. The van der Waals surface area contributed by atoms with Gasteiger partial charge in [0.25, 0.3) is 0 Å². The summed E-state index contributed by atoms with van der Waals surface area (Å²) in [6, 6.07) is 0.668. The minimum absolute atomic E-state index is 0.513. The van der Waals surface area contributed by atoms with Crippen molar-refractivity contribution in [3.05, 3.63) is 11.8 Å². The van der Waals surface area contributed by atoms with Gasteiger partial charge in [0.15, 0.2) is 0 Å². The van der Waals surface area contributed by atoms with E-state index in [-0.39, 0.29) is 0 Å². The smallest absolute Gasteiger partial charge is 0.239 e. The van der Waals surface area contributed by atoms with E-state index < -0.39 is 0 Å². The van der Waals surface area contributed by atoms with Crippen LogP contribution in [0.15, 0.2) is 6.20 Å². The fourth-order valence-corrected chi connectivity index (χ4v) is 3.68. The highest BCUT2D eigenvalue weighted by Gasteiger charge is 2.34. The number of hydrogen-bond acceptors (Lipinski definition) is 5. The molecule has 5 nitrogen and oxygen atoms in total. The molecule has 1 aliphatic heterocycles. The van der Waals surface area contributed by atoms with Crippen LogP contribution in [0, 0.1) is 12.8 Å². The van der Waals surface area contributed by atoms with Crippen molar-refractivity contribution in [3.8, 4) is 0 Å². The fourth-order valence-electron chi connectivity index (χ4n) is 3.68. The molecule has 19 heavy (non-hydrogen) atoms. The molecule has 2 heterocycles. The van der Waals surface area contributed by atoms with E-state index in [0.29, 0.717) is 12.0 Å². The topological polar surface area (TPSA) is 67.1 Å². The maximum Gasteiger partial charge on any atom is 0.239 e. The van der Waals surface area contributed by atoms with Crippen molar-refractivity contribution in [3.63, 3.8) is 0 Å². The third-order valence-electron chi connectivity index (χ3n) is 4.59. The number of aryl methyl sites for hydroxylation is 1. The van der Waals surface area contributed by atoms with Crippen LogP contribution in [-0.4, -0.2) is 22.6 Å². The van der Waals surface area contributed by atoms with Crippen molar-refractivity contribution < 1.29 is 0 Å². The van der Waals surface area contributed by atoms with Gasteiger partial charge in [-0.1, -0.05) is 12.8 Å². The van der Waals surface area contributed by atoms with Gasteiger partial charge in [-0.05, 0) is 38.5 Å². The number of rotatable bonds is 2. The highest BCUT2D eigenvalue weighted by atomic mass is 15.3. The lowest BCUT2D eigenvalue weighted by atomic mass is 9.78. The molecule has 1 aromatic rings. The highest BCUT2D eigenvalue weighted by molar-refractivity contribution is 5.50. The zero-order valence-corrected chi connectivity index (χ0v) is 11.6. The summed E-state index contributed by atoms with van der Waals surface area (Å²) in [5.41, 5.74) is 3.70. The third-order valence-corrected chi connectivity index (χ3v) is 4.59. The van der Waals surface area contributed by atoms with Gasteiger partial charge in [0.05, 0.1) is 0 Å². The van der Waals surface area contributed by atoms with E-state index in [1.807, 2.05) is 6.20 Å². The van der Waals surface area contributed by atoms with Crippen molar-refractivity contribution in [1.29, 1.82) is 0 Å². The van der Waals surface area contributed by atoms with Crippen LogP contribution in [0.25, 0.3) is 0 Å². The van der Waals surface area contributed by atoms with Gasteiger partial charge >= 0.3 is 0 Å². The summed E-state index contributed by atoms with van der Waals surface area (Å²) in [4.78, 5) is 11.3. The fraction of sp³-hybridized carbons (Fsp3) is 0.714. The van der Waals surface area contributed by atoms with Crippen molar-refractivity contribution >= 4 is 11.8 Å². The van der Waals surface area contributed by atoms with Crippen LogP contribution in [0.4, 0.5) is 11.8 Å². The molecule has 0 amide bonds. The second-order valence-corrected chi connectivity index (χ2v) is 5.79. The van der Waals surface area contributed by atoms with Gasteiger partial charge in [-0.15, -0.1) is 0 Å². The highest BCUT2D eigenvalue weighted by Crippen LogP contribution is 2.38. The number of aromatic nitrogens is 2. The van der Waals surface area contributed by atoms with E-state index in [1.165, 1.54) is 38.5 Å². The first-order chi connectivity index (χ1) is 9.29. The summed E-state index contributed by atoms with van der Waals surface area (Å²) in [7, 11) is 0. The average molecular weight is 261 g/mol. The summed E-state index contributed by atoms with van der Waals surface area (Å²) < 4.78 is 0. The number of hydrazine groups is 1. The molecule has 0 radical (unpaired) electrons. The van der Waals surface area contributed by atoms with E-state index in [9.17, 15) is 0 Å².